The molecule has 4 aliphatic rings. The third kappa shape index (κ3) is 3.53. The van der Waals surface area contributed by atoms with E-state index in [2.05, 4.69) is 40.9 Å². The van der Waals surface area contributed by atoms with Gasteiger partial charge in [0.1, 0.15) is 11.5 Å². The highest BCUT2D eigenvalue weighted by Gasteiger charge is 2.57. The molecule has 32 heavy (non-hydrogen) atoms. The molecular weight excluding hydrogens is 405 g/mol. The van der Waals surface area contributed by atoms with Crippen LogP contribution >= 0.6 is 0 Å². The highest BCUT2D eigenvalue weighted by atomic mass is 19.1. The Bertz CT molecular complexity index is 872. The number of quaternary nitrogens is 1. The molecular formula is C25H39FN5O+. The van der Waals surface area contributed by atoms with Crippen molar-refractivity contribution in [2.45, 2.75) is 70.7 Å². The van der Waals surface area contributed by atoms with Crippen molar-refractivity contribution < 1.29 is 9.18 Å². The topological polar surface area (TPSA) is 38.8 Å². The summed E-state index contributed by atoms with van der Waals surface area (Å²) in [6.07, 6.45) is 7.34. The van der Waals surface area contributed by atoms with Gasteiger partial charge in [-0.15, -0.1) is 0 Å². The highest BCUT2D eigenvalue weighted by Crippen LogP contribution is 2.50. The van der Waals surface area contributed by atoms with E-state index in [-0.39, 0.29) is 24.1 Å². The molecule has 1 amide bonds. The first-order chi connectivity index (χ1) is 15.4. The molecule has 5 rings (SSSR count). The number of unbranched alkanes of at least 4 members (excludes halogenated alkanes) is 1. The van der Waals surface area contributed by atoms with E-state index in [1.807, 2.05) is 0 Å². The summed E-state index contributed by atoms with van der Waals surface area (Å²) in [5, 5.41) is 3.04. The summed E-state index contributed by atoms with van der Waals surface area (Å²) in [5.74, 6) is -0.451. The lowest BCUT2D eigenvalue weighted by Crippen LogP contribution is -2.68. The zero-order valence-electron chi connectivity index (χ0n) is 19.9. The summed E-state index contributed by atoms with van der Waals surface area (Å²) >= 11 is 0. The van der Waals surface area contributed by atoms with Gasteiger partial charge in [-0.3, -0.25) is 14.2 Å². The van der Waals surface area contributed by atoms with Crippen LogP contribution in [0.3, 0.4) is 0 Å². The van der Waals surface area contributed by atoms with E-state index < -0.39 is 0 Å². The van der Waals surface area contributed by atoms with Crippen LogP contribution in [0.1, 0.15) is 62.7 Å². The van der Waals surface area contributed by atoms with Gasteiger partial charge in [-0.25, -0.2) is 9.29 Å². The first-order valence-corrected chi connectivity index (χ1v) is 12.7. The molecule has 2 saturated heterocycles. The van der Waals surface area contributed by atoms with Gasteiger partial charge >= 0.3 is 0 Å². The van der Waals surface area contributed by atoms with E-state index >= 15 is 0 Å². The average Bonchev–Trinajstić information content (AvgIpc) is 3.48. The van der Waals surface area contributed by atoms with Crippen LogP contribution in [0, 0.1) is 5.82 Å². The minimum Gasteiger partial charge on any atom is -0.350 e. The van der Waals surface area contributed by atoms with Crippen LogP contribution in [-0.2, 0) is 0 Å². The number of nitrogens with one attached hydrogen (secondary N) is 1. The number of benzene rings is 1. The Morgan fingerprint density at radius 2 is 1.97 bits per heavy atom. The lowest BCUT2D eigenvalue weighted by Gasteiger charge is -2.46. The van der Waals surface area contributed by atoms with Crippen LogP contribution in [-0.4, -0.2) is 80.4 Å². The number of carbonyl (C=O) groups is 1. The first-order valence-electron chi connectivity index (χ1n) is 12.7. The van der Waals surface area contributed by atoms with Gasteiger partial charge in [0.15, 0.2) is 5.69 Å². The fraction of sp³-hybridized carbons (Fsp3) is 0.720. The normalized spacial score (nSPS) is 32.9. The number of halogens is 1. The van der Waals surface area contributed by atoms with E-state index in [4.69, 9.17) is 0 Å². The molecule has 0 aliphatic carbocycles. The summed E-state index contributed by atoms with van der Waals surface area (Å²) in [6.45, 7) is 10.6. The number of nitrogens with zero attached hydrogens (tertiary/aromatic N) is 4. The van der Waals surface area contributed by atoms with Gasteiger partial charge in [0, 0.05) is 31.7 Å². The Balaban J connectivity index is 1.60. The number of rotatable bonds is 6. The van der Waals surface area contributed by atoms with E-state index in [1.54, 1.807) is 6.07 Å². The fourth-order valence-electron chi connectivity index (χ4n) is 6.65. The van der Waals surface area contributed by atoms with Gasteiger partial charge in [0.05, 0.1) is 25.2 Å². The van der Waals surface area contributed by atoms with Crippen LogP contribution in [0.25, 0.3) is 0 Å². The van der Waals surface area contributed by atoms with Gasteiger partial charge in [-0.1, -0.05) is 13.3 Å². The van der Waals surface area contributed by atoms with Crippen LogP contribution in [0.5, 0.6) is 0 Å². The lowest BCUT2D eigenvalue weighted by atomic mass is 10.1. The molecule has 0 spiro atoms. The molecule has 0 radical (unpaired) electrons. The Labute approximate surface area is 191 Å². The molecule has 1 aromatic carbocycles. The summed E-state index contributed by atoms with van der Waals surface area (Å²) in [6, 6.07) is 3.82. The van der Waals surface area contributed by atoms with Crippen molar-refractivity contribution in [1.82, 2.24) is 19.6 Å². The van der Waals surface area contributed by atoms with Gasteiger partial charge in [-0.05, 0) is 58.2 Å². The van der Waals surface area contributed by atoms with Crippen LogP contribution < -0.4 is 14.7 Å². The van der Waals surface area contributed by atoms with Crippen molar-refractivity contribution in [2.24, 2.45) is 0 Å². The minimum absolute atomic E-state index is 0.106. The maximum absolute atomic E-state index is 14.9. The molecule has 0 bridgehead atoms. The van der Waals surface area contributed by atoms with Crippen LogP contribution in [0.2, 0.25) is 0 Å². The second-order valence-electron chi connectivity index (χ2n) is 10.5. The monoisotopic (exact) mass is 444 g/mol. The molecule has 4 atom stereocenters. The molecule has 0 saturated carbocycles. The molecule has 0 aromatic heterocycles. The Hall–Kier alpha value is -1.70. The zero-order chi connectivity index (χ0) is 22.5. The highest BCUT2D eigenvalue weighted by molar-refractivity contribution is 6.04. The lowest BCUT2D eigenvalue weighted by molar-refractivity contribution is 0.0465. The Morgan fingerprint density at radius 3 is 2.72 bits per heavy atom. The smallest absolute Gasteiger partial charge is 0.253 e. The largest absolute Gasteiger partial charge is 0.350 e. The number of carbonyl (C=O) groups excluding carboxylic acids is 1. The molecule has 4 aliphatic heterocycles. The number of hydrogen-bond acceptors (Lipinski definition) is 4. The van der Waals surface area contributed by atoms with E-state index in [9.17, 15) is 9.18 Å². The van der Waals surface area contributed by atoms with Gasteiger partial charge in [0.2, 0.25) is 6.29 Å². The molecule has 1 N–H and O–H groups in total. The number of anilines is 1. The van der Waals surface area contributed by atoms with E-state index in [0.717, 1.165) is 43.9 Å². The molecule has 2 fully saturated rings. The fourth-order valence-corrected chi connectivity index (χ4v) is 6.65. The number of amides is 1. The van der Waals surface area contributed by atoms with Crippen molar-refractivity contribution in [2.75, 3.05) is 51.2 Å². The zero-order valence-corrected chi connectivity index (χ0v) is 19.9. The maximum atomic E-state index is 14.9. The molecule has 7 heteroatoms. The van der Waals surface area contributed by atoms with Crippen molar-refractivity contribution in [3.05, 3.63) is 23.5 Å². The van der Waals surface area contributed by atoms with Crippen molar-refractivity contribution >= 4 is 17.3 Å². The number of hydrogen-bond donors (Lipinski definition) is 1. The first kappa shape index (κ1) is 22.1. The van der Waals surface area contributed by atoms with Crippen LogP contribution in [0.4, 0.5) is 15.8 Å². The number of likely N-dealkylation sites (tertiary alicyclic amines) is 2. The predicted octanol–water partition coefficient (Wildman–Crippen LogP) is 3.36. The van der Waals surface area contributed by atoms with E-state index in [1.165, 1.54) is 44.8 Å². The Kier molecular flexibility index (Phi) is 5.93. The van der Waals surface area contributed by atoms with Gasteiger partial charge in [-0.2, -0.15) is 0 Å². The summed E-state index contributed by atoms with van der Waals surface area (Å²) in [4.78, 5) is 20.8. The van der Waals surface area contributed by atoms with Gasteiger partial charge in [0.25, 0.3) is 5.91 Å². The molecule has 1 aromatic rings. The molecule has 2 unspecified atom stereocenters. The third-order valence-electron chi connectivity index (χ3n) is 8.26. The minimum atomic E-state index is -0.306. The quantitative estimate of drug-likeness (QED) is 0.683. The van der Waals surface area contributed by atoms with Crippen molar-refractivity contribution in [1.29, 1.82) is 0 Å². The third-order valence-corrected chi connectivity index (χ3v) is 8.26. The summed E-state index contributed by atoms with van der Waals surface area (Å²) < 4.78 is 15.5. The second kappa shape index (κ2) is 8.58. The SMILES string of the molecule is CCCC[N+]1(C)c2cc(F)cc3c2N(C1N1CCC[C@H]1CN1CCCC1)[C@@H](C)CNC3=O. The van der Waals surface area contributed by atoms with Crippen molar-refractivity contribution in [3.8, 4) is 0 Å². The standard InChI is InChI=1S/C25H38FN5O/c1-4-5-13-31(3)22-15-19(26)14-21-23(22)30(18(2)16-27-24(21)32)25(31)29-12-8-9-20(29)17-28-10-6-7-11-28/h14-15,18,20,25H,4-13,16-17H2,1-3H3/p+1/t18-,20-,25?,31?/m0/s1. The van der Waals surface area contributed by atoms with E-state index in [0.29, 0.717) is 22.6 Å². The molecule has 176 valence electrons. The summed E-state index contributed by atoms with van der Waals surface area (Å²) in [5.41, 5.74) is 2.45. The second-order valence-corrected chi connectivity index (χ2v) is 10.5. The summed E-state index contributed by atoms with van der Waals surface area (Å²) in [7, 11) is 2.28. The molecule has 6 nitrogen and oxygen atoms in total. The van der Waals surface area contributed by atoms with Gasteiger partial charge < -0.3 is 10.2 Å². The molecule has 4 heterocycles. The Morgan fingerprint density at radius 1 is 1.19 bits per heavy atom. The average molecular weight is 445 g/mol. The predicted molar refractivity (Wildman–Crippen MR) is 127 cm³/mol. The maximum Gasteiger partial charge on any atom is 0.253 e. The van der Waals surface area contributed by atoms with Crippen molar-refractivity contribution in [3.63, 3.8) is 0 Å². The van der Waals surface area contributed by atoms with Crippen LogP contribution in [0.15, 0.2) is 12.1 Å².